The van der Waals surface area contributed by atoms with Crippen LogP contribution in [0.15, 0.2) is 28.7 Å². The number of nitrogens with two attached hydrogens (primary N) is 1. The zero-order valence-electron chi connectivity index (χ0n) is 9.89. The summed E-state index contributed by atoms with van der Waals surface area (Å²) in [6, 6.07) is 8.20. The molecule has 1 atom stereocenters. The van der Waals surface area contributed by atoms with Crippen molar-refractivity contribution in [1.82, 2.24) is 0 Å². The first-order valence-corrected chi connectivity index (χ1v) is 6.53. The number of hydrogen-bond donors (Lipinski definition) is 2. The van der Waals surface area contributed by atoms with Crippen molar-refractivity contribution >= 4 is 21.6 Å². The highest BCUT2D eigenvalue weighted by molar-refractivity contribution is 9.10. The molecule has 0 heterocycles. The van der Waals surface area contributed by atoms with Gasteiger partial charge in [-0.05, 0) is 53.2 Å². The largest absolute Gasteiger partial charge is 0.377 e. The molecule has 3 N–H and O–H groups in total. The molecule has 0 bridgehead atoms. The van der Waals surface area contributed by atoms with E-state index >= 15 is 0 Å². The summed E-state index contributed by atoms with van der Waals surface area (Å²) in [5, 5.41) is 3.60. The molecule has 0 aromatic heterocycles. The first-order chi connectivity index (χ1) is 7.51. The molecule has 3 heteroatoms. The van der Waals surface area contributed by atoms with Crippen LogP contribution in [0, 0.1) is 5.41 Å². The van der Waals surface area contributed by atoms with E-state index in [9.17, 15) is 0 Å². The Morgan fingerprint density at radius 1 is 1.44 bits per heavy atom. The van der Waals surface area contributed by atoms with Crippen LogP contribution in [0.25, 0.3) is 0 Å². The molecular weight excluding hydrogens is 264 g/mol. The molecular formula is C13H19BrN2. The fourth-order valence-corrected chi connectivity index (χ4v) is 2.43. The SMILES string of the molecule is CC1(C(C)(CN)Nc2ccccc2Br)CC1. The molecule has 1 aliphatic rings. The van der Waals surface area contributed by atoms with Gasteiger partial charge in [-0.3, -0.25) is 0 Å². The topological polar surface area (TPSA) is 38.0 Å². The van der Waals surface area contributed by atoms with E-state index in [4.69, 9.17) is 5.73 Å². The highest BCUT2D eigenvalue weighted by atomic mass is 79.9. The van der Waals surface area contributed by atoms with Crippen LogP contribution in [-0.2, 0) is 0 Å². The molecule has 1 aromatic carbocycles. The van der Waals surface area contributed by atoms with Crippen LogP contribution in [0.5, 0.6) is 0 Å². The number of halogens is 1. The maximum atomic E-state index is 5.95. The van der Waals surface area contributed by atoms with Crippen LogP contribution in [0.3, 0.4) is 0 Å². The molecule has 16 heavy (non-hydrogen) atoms. The average Bonchev–Trinajstić information content (AvgIpc) is 3.01. The highest BCUT2D eigenvalue weighted by Crippen LogP contribution is 2.54. The number of hydrogen-bond acceptors (Lipinski definition) is 2. The molecule has 1 saturated carbocycles. The number of benzene rings is 1. The number of para-hydroxylation sites is 1. The van der Waals surface area contributed by atoms with Crippen molar-refractivity contribution in [3.63, 3.8) is 0 Å². The molecule has 2 rings (SSSR count). The van der Waals surface area contributed by atoms with Gasteiger partial charge in [-0.1, -0.05) is 19.1 Å². The van der Waals surface area contributed by atoms with Gasteiger partial charge < -0.3 is 11.1 Å². The lowest BCUT2D eigenvalue weighted by molar-refractivity contribution is 0.333. The van der Waals surface area contributed by atoms with Gasteiger partial charge >= 0.3 is 0 Å². The lowest BCUT2D eigenvalue weighted by Gasteiger charge is -2.37. The predicted molar refractivity (Wildman–Crippen MR) is 72.6 cm³/mol. The molecule has 1 aliphatic carbocycles. The normalized spacial score (nSPS) is 21.2. The van der Waals surface area contributed by atoms with Crippen LogP contribution in [0.1, 0.15) is 26.7 Å². The van der Waals surface area contributed by atoms with Gasteiger partial charge in [0.15, 0.2) is 0 Å². The van der Waals surface area contributed by atoms with E-state index in [0.717, 1.165) is 10.2 Å². The first kappa shape index (κ1) is 11.9. The maximum absolute atomic E-state index is 5.95. The third-order valence-electron chi connectivity index (χ3n) is 4.02. The monoisotopic (exact) mass is 282 g/mol. The van der Waals surface area contributed by atoms with Crippen LogP contribution < -0.4 is 11.1 Å². The van der Waals surface area contributed by atoms with Gasteiger partial charge in [-0.15, -0.1) is 0 Å². The minimum Gasteiger partial charge on any atom is -0.377 e. The lowest BCUT2D eigenvalue weighted by atomic mass is 9.83. The molecule has 0 spiro atoms. The van der Waals surface area contributed by atoms with Crippen LogP contribution >= 0.6 is 15.9 Å². The summed E-state index contributed by atoms with van der Waals surface area (Å²) in [7, 11) is 0. The van der Waals surface area contributed by atoms with Crippen molar-refractivity contribution in [2.45, 2.75) is 32.2 Å². The van der Waals surface area contributed by atoms with Crippen molar-refractivity contribution in [2.24, 2.45) is 11.1 Å². The summed E-state index contributed by atoms with van der Waals surface area (Å²) in [6.45, 7) is 5.19. The Morgan fingerprint density at radius 2 is 2.06 bits per heavy atom. The Morgan fingerprint density at radius 3 is 2.56 bits per heavy atom. The van der Waals surface area contributed by atoms with Gasteiger partial charge in [-0.2, -0.15) is 0 Å². The van der Waals surface area contributed by atoms with Gasteiger partial charge in [0.2, 0.25) is 0 Å². The van der Waals surface area contributed by atoms with Gasteiger partial charge in [0.1, 0.15) is 0 Å². The van der Waals surface area contributed by atoms with Crippen molar-refractivity contribution in [3.8, 4) is 0 Å². The van der Waals surface area contributed by atoms with Crippen LogP contribution in [0.2, 0.25) is 0 Å². The first-order valence-electron chi connectivity index (χ1n) is 5.74. The number of nitrogens with one attached hydrogen (secondary N) is 1. The smallest absolute Gasteiger partial charge is 0.0521 e. The Bertz CT molecular complexity index is 387. The zero-order valence-corrected chi connectivity index (χ0v) is 11.5. The molecule has 2 nitrogen and oxygen atoms in total. The Balaban J connectivity index is 2.22. The molecule has 0 amide bonds. The van der Waals surface area contributed by atoms with Crippen LogP contribution in [-0.4, -0.2) is 12.1 Å². The summed E-state index contributed by atoms with van der Waals surface area (Å²) < 4.78 is 1.10. The summed E-state index contributed by atoms with van der Waals surface area (Å²) in [5.41, 5.74) is 7.41. The van der Waals surface area contributed by atoms with E-state index in [-0.39, 0.29) is 5.54 Å². The minimum absolute atomic E-state index is 0.0170. The molecule has 0 aliphatic heterocycles. The molecule has 1 aromatic rings. The standard InChI is InChI=1S/C13H19BrN2/c1-12(7-8-12)13(2,9-15)16-11-6-4-3-5-10(11)14/h3-6,16H,7-9,15H2,1-2H3. The molecule has 0 saturated heterocycles. The second-order valence-corrected chi connectivity index (χ2v) is 6.06. The quantitative estimate of drug-likeness (QED) is 0.889. The number of rotatable bonds is 4. The van der Waals surface area contributed by atoms with Gasteiger partial charge in [0.25, 0.3) is 0 Å². The molecule has 1 unspecified atom stereocenters. The van der Waals surface area contributed by atoms with E-state index in [0.29, 0.717) is 12.0 Å². The summed E-state index contributed by atoms with van der Waals surface area (Å²) >= 11 is 3.56. The van der Waals surface area contributed by atoms with Crippen molar-refractivity contribution in [1.29, 1.82) is 0 Å². The van der Waals surface area contributed by atoms with Gasteiger partial charge in [0.05, 0.1) is 5.54 Å². The van der Waals surface area contributed by atoms with Crippen LogP contribution in [0.4, 0.5) is 5.69 Å². The van der Waals surface area contributed by atoms with Gasteiger partial charge in [-0.25, -0.2) is 0 Å². The fraction of sp³-hybridized carbons (Fsp3) is 0.538. The second-order valence-electron chi connectivity index (χ2n) is 5.20. The summed E-state index contributed by atoms with van der Waals surface area (Å²) in [4.78, 5) is 0. The maximum Gasteiger partial charge on any atom is 0.0521 e. The Labute approximate surface area is 106 Å². The fourth-order valence-electron chi connectivity index (χ4n) is 2.05. The van der Waals surface area contributed by atoms with E-state index < -0.39 is 0 Å². The van der Waals surface area contributed by atoms with E-state index in [2.05, 4.69) is 47.2 Å². The van der Waals surface area contributed by atoms with E-state index in [1.165, 1.54) is 12.8 Å². The summed E-state index contributed by atoms with van der Waals surface area (Å²) in [6.07, 6.45) is 2.52. The minimum atomic E-state index is -0.0170. The molecule has 88 valence electrons. The summed E-state index contributed by atoms with van der Waals surface area (Å²) in [5.74, 6) is 0. The van der Waals surface area contributed by atoms with Crippen molar-refractivity contribution < 1.29 is 0 Å². The Hall–Kier alpha value is -0.540. The molecule has 0 radical (unpaired) electrons. The van der Waals surface area contributed by atoms with Gasteiger partial charge in [0, 0.05) is 16.7 Å². The Kier molecular flexibility index (Phi) is 3.01. The zero-order chi connectivity index (χ0) is 11.8. The van der Waals surface area contributed by atoms with Crippen molar-refractivity contribution in [2.75, 3.05) is 11.9 Å². The van der Waals surface area contributed by atoms with Crippen molar-refractivity contribution in [3.05, 3.63) is 28.7 Å². The number of anilines is 1. The third kappa shape index (κ3) is 1.98. The third-order valence-corrected chi connectivity index (χ3v) is 4.72. The second kappa shape index (κ2) is 4.04. The lowest BCUT2D eigenvalue weighted by Crippen LogP contribution is -2.49. The predicted octanol–water partition coefficient (Wildman–Crippen LogP) is 3.38. The van der Waals surface area contributed by atoms with E-state index in [1.54, 1.807) is 0 Å². The highest BCUT2D eigenvalue weighted by Gasteiger charge is 2.52. The van der Waals surface area contributed by atoms with E-state index in [1.807, 2.05) is 12.1 Å². The molecule has 1 fully saturated rings. The average molecular weight is 283 g/mol.